The number of aromatic nitrogens is 2. The fourth-order valence-corrected chi connectivity index (χ4v) is 3.26. The molecule has 0 aliphatic heterocycles. The van der Waals surface area contributed by atoms with Crippen LogP contribution in [0.1, 0.15) is 21.9 Å². The number of anilines is 1. The van der Waals surface area contributed by atoms with Gasteiger partial charge in [-0.25, -0.2) is 0 Å². The van der Waals surface area contributed by atoms with Gasteiger partial charge in [-0.1, -0.05) is 11.6 Å². The summed E-state index contributed by atoms with van der Waals surface area (Å²) in [5.41, 5.74) is 1.87. The highest BCUT2D eigenvalue weighted by molar-refractivity contribution is 14.1. The Kier molecular flexibility index (Phi) is 5.94. The average Bonchev–Trinajstić information content (AvgIpc) is 3.20. The number of thiocarbonyl (C=S) groups is 1. The van der Waals surface area contributed by atoms with Crippen molar-refractivity contribution in [3.63, 3.8) is 0 Å². The summed E-state index contributed by atoms with van der Waals surface area (Å²) >= 11 is 13.3. The number of halogens is 2. The molecule has 3 aromatic rings. The predicted octanol–water partition coefficient (Wildman–Crippen LogP) is 4.22. The third-order valence-corrected chi connectivity index (χ3v) is 4.54. The second-order valence-corrected chi connectivity index (χ2v) is 7.58. The molecule has 0 saturated heterocycles. The average molecular weight is 501 g/mol. The zero-order valence-corrected chi connectivity index (χ0v) is 17.4. The zero-order chi connectivity index (χ0) is 18.7. The van der Waals surface area contributed by atoms with Gasteiger partial charge in [0.05, 0.1) is 17.8 Å². The molecule has 9 heteroatoms. The number of nitrogens with one attached hydrogen (secondary N) is 2. The first-order chi connectivity index (χ1) is 12.4. The Balaban J connectivity index is 1.60. The molecular formula is C17H14ClIN4O2S. The Morgan fingerprint density at radius 3 is 2.88 bits per heavy atom. The Bertz CT molecular complexity index is 969. The van der Waals surface area contributed by atoms with E-state index in [-0.39, 0.29) is 10.9 Å². The van der Waals surface area contributed by atoms with Crippen LogP contribution in [0.3, 0.4) is 0 Å². The van der Waals surface area contributed by atoms with Gasteiger partial charge in [-0.3, -0.25) is 14.8 Å². The summed E-state index contributed by atoms with van der Waals surface area (Å²) in [6.07, 6.45) is 3.21. The van der Waals surface area contributed by atoms with E-state index in [1.165, 1.54) is 6.20 Å². The van der Waals surface area contributed by atoms with E-state index in [0.29, 0.717) is 17.3 Å². The zero-order valence-electron chi connectivity index (χ0n) is 13.6. The molecule has 0 saturated carbocycles. The molecular weight excluding hydrogens is 487 g/mol. The molecule has 2 heterocycles. The number of nitrogens with zero attached hydrogens (tertiary/aromatic N) is 2. The maximum absolute atomic E-state index is 12.3. The van der Waals surface area contributed by atoms with Gasteiger partial charge in [-0.15, -0.1) is 0 Å². The van der Waals surface area contributed by atoms with E-state index in [1.54, 1.807) is 23.0 Å². The summed E-state index contributed by atoms with van der Waals surface area (Å²) in [5, 5.41) is 10.4. The Morgan fingerprint density at radius 2 is 2.19 bits per heavy atom. The Hall–Kier alpha value is -1.91. The van der Waals surface area contributed by atoms with Crippen LogP contribution in [0.25, 0.3) is 0 Å². The van der Waals surface area contributed by atoms with Crippen LogP contribution in [0.4, 0.5) is 5.69 Å². The molecule has 2 N–H and O–H groups in total. The largest absolute Gasteiger partial charge is 0.454 e. The molecule has 0 radical (unpaired) electrons. The third kappa shape index (κ3) is 4.83. The monoisotopic (exact) mass is 500 g/mol. The molecule has 2 aromatic heterocycles. The first kappa shape index (κ1) is 18.9. The van der Waals surface area contributed by atoms with Crippen LogP contribution in [-0.2, 0) is 6.54 Å². The summed E-state index contributed by atoms with van der Waals surface area (Å²) in [6.45, 7) is 2.35. The van der Waals surface area contributed by atoms with E-state index in [1.807, 2.05) is 25.1 Å². The minimum Gasteiger partial charge on any atom is -0.454 e. The van der Waals surface area contributed by atoms with Crippen molar-refractivity contribution in [2.24, 2.45) is 0 Å². The SMILES string of the molecule is Cc1cc(I)ccc1NC(=S)NC(=O)c1ccc(Cn2cc(Cl)cn2)o1. The molecule has 0 spiro atoms. The summed E-state index contributed by atoms with van der Waals surface area (Å²) in [6, 6.07) is 9.20. The van der Waals surface area contributed by atoms with Crippen LogP contribution in [0, 0.1) is 10.5 Å². The molecule has 3 rings (SSSR count). The van der Waals surface area contributed by atoms with Crippen molar-refractivity contribution in [2.45, 2.75) is 13.5 Å². The molecule has 0 bridgehead atoms. The number of amides is 1. The minimum atomic E-state index is -0.421. The molecule has 0 fully saturated rings. The third-order valence-electron chi connectivity index (χ3n) is 3.47. The van der Waals surface area contributed by atoms with Crippen molar-refractivity contribution >= 4 is 63.1 Å². The highest BCUT2D eigenvalue weighted by Gasteiger charge is 2.14. The number of carbonyl (C=O) groups is 1. The van der Waals surface area contributed by atoms with Crippen LogP contribution in [0.15, 0.2) is 47.1 Å². The van der Waals surface area contributed by atoms with Crippen molar-refractivity contribution in [3.8, 4) is 0 Å². The molecule has 26 heavy (non-hydrogen) atoms. The lowest BCUT2D eigenvalue weighted by atomic mass is 10.2. The first-order valence-electron chi connectivity index (χ1n) is 7.56. The van der Waals surface area contributed by atoms with Crippen molar-refractivity contribution in [1.29, 1.82) is 0 Å². The quantitative estimate of drug-likeness (QED) is 0.415. The van der Waals surface area contributed by atoms with E-state index < -0.39 is 5.91 Å². The topological polar surface area (TPSA) is 72.1 Å². The molecule has 134 valence electrons. The van der Waals surface area contributed by atoms with Crippen molar-refractivity contribution < 1.29 is 9.21 Å². The van der Waals surface area contributed by atoms with Gasteiger partial charge in [0.15, 0.2) is 10.9 Å². The summed E-state index contributed by atoms with van der Waals surface area (Å²) in [7, 11) is 0. The number of furan rings is 1. The smallest absolute Gasteiger partial charge is 0.293 e. The van der Waals surface area contributed by atoms with E-state index >= 15 is 0 Å². The van der Waals surface area contributed by atoms with Gasteiger partial charge >= 0.3 is 0 Å². The number of rotatable bonds is 4. The first-order valence-corrected chi connectivity index (χ1v) is 9.42. The number of benzene rings is 1. The highest BCUT2D eigenvalue weighted by atomic mass is 127. The van der Waals surface area contributed by atoms with Crippen LogP contribution >= 0.6 is 46.4 Å². The highest BCUT2D eigenvalue weighted by Crippen LogP contribution is 2.17. The second-order valence-electron chi connectivity index (χ2n) is 5.49. The van der Waals surface area contributed by atoms with Gasteiger partial charge in [0.25, 0.3) is 5.91 Å². The maximum Gasteiger partial charge on any atom is 0.293 e. The predicted molar refractivity (Wildman–Crippen MR) is 113 cm³/mol. The normalized spacial score (nSPS) is 10.6. The maximum atomic E-state index is 12.3. The van der Waals surface area contributed by atoms with E-state index in [4.69, 9.17) is 28.2 Å². The van der Waals surface area contributed by atoms with Gasteiger partial charge in [-0.2, -0.15) is 5.10 Å². The number of hydrogen-bond acceptors (Lipinski definition) is 4. The molecule has 6 nitrogen and oxygen atoms in total. The summed E-state index contributed by atoms with van der Waals surface area (Å²) < 4.78 is 8.29. The van der Waals surface area contributed by atoms with Crippen molar-refractivity contribution in [3.05, 3.63) is 68.4 Å². The molecule has 0 unspecified atom stereocenters. The lowest BCUT2D eigenvalue weighted by molar-refractivity contribution is 0.0948. The lowest BCUT2D eigenvalue weighted by Gasteiger charge is -2.11. The fourth-order valence-electron chi connectivity index (χ4n) is 2.26. The summed E-state index contributed by atoms with van der Waals surface area (Å²) in [4.78, 5) is 12.3. The molecule has 0 aliphatic rings. The van der Waals surface area contributed by atoms with Gasteiger partial charge < -0.3 is 9.73 Å². The molecule has 0 aliphatic carbocycles. The second kappa shape index (κ2) is 8.19. The van der Waals surface area contributed by atoms with Gasteiger partial charge in [-0.05, 0) is 77.6 Å². The minimum absolute atomic E-state index is 0.168. The summed E-state index contributed by atoms with van der Waals surface area (Å²) in [5.74, 6) is 0.333. The number of carbonyl (C=O) groups excluding carboxylic acids is 1. The molecule has 1 amide bonds. The van der Waals surface area contributed by atoms with Crippen molar-refractivity contribution in [2.75, 3.05) is 5.32 Å². The van der Waals surface area contributed by atoms with E-state index in [9.17, 15) is 4.79 Å². The number of aryl methyl sites for hydroxylation is 1. The molecule has 1 aromatic carbocycles. The lowest BCUT2D eigenvalue weighted by Crippen LogP contribution is -2.34. The van der Waals surface area contributed by atoms with E-state index in [0.717, 1.165) is 14.8 Å². The van der Waals surface area contributed by atoms with E-state index in [2.05, 4.69) is 38.3 Å². The van der Waals surface area contributed by atoms with Gasteiger partial charge in [0.2, 0.25) is 0 Å². The standard InChI is InChI=1S/C17H14ClIN4O2S/c1-10-6-12(19)2-4-14(10)21-17(26)22-16(24)15-5-3-13(25-15)9-23-8-11(18)7-20-23/h2-8H,9H2,1H3,(H2,21,22,24,26). The van der Waals surface area contributed by atoms with Crippen LogP contribution in [0.2, 0.25) is 5.02 Å². The van der Waals surface area contributed by atoms with Crippen LogP contribution < -0.4 is 10.6 Å². The Morgan fingerprint density at radius 1 is 1.38 bits per heavy atom. The fraction of sp³-hybridized carbons (Fsp3) is 0.118. The van der Waals surface area contributed by atoms with Gasteiger partial charge in [0, 0.05) is 15.5 Å². The van der Waals surface area contributed by atoms with Crippen LogP contribution in [0.5, 0.6) is 0 Å². The Labute approximate surface area is 174 Å². The number of hydrogen-bond donors (Lipinski definition) is 2. The van der Waals surface area contributed by atoms with Gasteiger partial charge in [0.1, 0.15) is 5.76 Å². The van der Waals surface area contributed by atoms with Crippen molar-refractivity contribution in [1.82, 2.24) is 15.1 Å². The van der Waals surface area contributed by atoms with Crippen LogP contribution in [-0.4, -0.2) is 20.8 Å². The molecule has 0 atom stereocenters.